The Morgan fingerprint density at radius 3 is 2.59 bits per heavy atom. The number of benzene rings is 1. The van der Waals surface area contributed by atoms with Crippen molar-refractivity contribution in [3.8, 4) is 11.4 Å². The summed E-state index contributed by atoms with van der Waals surface area (Å²) >= 11 is 0. The molecule has 1 aromatic heterocycles. The number of carbonyl (C=O) groups is 1. The SMILES string of the molecule is O=C(NCCn1nc(-c2cccc(C(F)(F)F)c2)n(C2CC2)c1=O)C1CC1. The second-order valence-corrected chi connectivity index (χ2v) is 7.07. The lowest BCUT2D eigenvalue weighted by atomic mass is 10.1. The molecule has 0 aliphatic heterocycles. The topological polar surface area (TPSA) is 68.9 Å². The molecule has 0 saturated heterocycles. The van der Waals surface area contributed by atoms with Gasteiger partial charge in [-0.2, -0.15) is 13.2 Å². The van der Waals surface area contributed by atoms with Gasteiger partial charge in [0.1, 0.15) is 0 Å². The van der Waals surface area contributed by atoms with Crippen LogP contribution in [-0.4, -0.2) is 26.8 Å². The summed E-state index contributed by atoms with van der Waals surface area (Å²) < 4.78 is 41.7. The molecule has 144 valence electrons. The van der Waals surface area contributed by atoms with Crippen molar-refractivity contribution in [2.24, 2.45) is 5.92 Å². The summed E-state index contributed by atoms with van der Waals surface area (Å²) in [7, 11) is 0. The van der Waals surface area contributed by atoms with E-state index in [0.29, 0.717) is 0 Å². The predicted octanol–water partition coefficient (Wildman–Crippen LogP) is 2.59. The van der Waals surface area contributed by atoms with E-state index in [4.69, 9.17) is 0 Å². The average Bonchev–Trinajstić information content (AvgIpc) is 3.53. The highest BCUT2D eigenvalue weighted by molar-refractivity contribution is 5.80. The number of alkyl halides is 3. The molecule has 2 aromatic rings. The number of amides is 1. The van der Waals surface area contributed by atoms with Crippen LogP contribution in [-0.2, 0) is 17.5 Å². The normalized spacial score (nSPS) is 17.1. The van der Waals surface area contributed by atoms with Crippen LogP contribution in [0.4, 0.5) is 13.2 Å². The lowest BCUT2D eigenvalue weighted by molar-refractivity contribution is -0.137. The Morgan fingerprint density at radius 2 is 1.96 bits per heavy atom. The van der Waals surface area contributed by atoms with Gasteiger partial charge >= 0.3 is 11.9 Å². The van der Waals surface area contributed by atoms with Gasteiger partial charge in [-0.15, -0.1) is 5.10 Å². The molecule has 0 unspecified atom stereocenters. The van der Waals surface area contributed by atoms with Gasteiger partial charge in [-0.3, -0.25) is 9.36 Å². The third-order valence-corrected chi connectivity index (χ3v) is 4.80. The van der Waals surface area contributed by atoms with Gasteiger partial charge in [0.25, 0.3) is 0 Å². The highest BCUT2D eigenvalue weighted by Crippen LogP contribution is 2.37. The molecular weight excluding hydrogens is 361 g/mol. The van der Waals surface area contributed by atoms with Gasteiger partial charge in [0.15, 0.2) is 5.82 Å². The molecule has 1 aromatic carbocycles. The molecule has 27 heavy (non-hydrogen) atoms. The van der Waals surface area contributed by atoms with E-state index in [0.717, 1.165) is 37.8 Å². The van der Waals surface area contributed by atoms with E-state index in [1.54, 1.807) is 0 Å². The van der Waals surface area contributed by atoms with Crippen LogP contribution in [0.3, 0.4) is 0 Å². The molecule has 2 saturated carbocycles. The molecular formula is C18H19F3N4O2. The van der Waals surface area contributed by atoms with Crippen molar-refractivity contribution < 1.29 is 18.0 Å². The minimum Gasteiger partial charge on any atom is -0.354 e. The zero-order valence-electron chi connectivity index (χ0n) is 14.5. The molecule has 0 bridgehead atoms. The summed E-state index contributed by atoms with van der Waals surface area (Å²) in [5.41, 5.74) is -0.874. The first kappa shape index (κ1) is 17.8. The Labute approximate surface area is 153 Å². The van der Waals surface area contributed by atoms with Gasteiger partial charge in [0.05, 0.1) is 12.1 Å². The predicted molar refractivity (Wildman–Crippen MR) is 90.9 cm³/mol. The number of hydrogen-bond acceptors (Lipinski definition) is 3. The van der Waals surface area contributed by atoms with E-state index < -0.39 is 11.7 Å². The number of aromatic nitrogens is 3. The van der Waals surface area contributed by atoms with E-state index in [1.807, 2.05) is 0 Å². The Kier molecular flexibility index (Phi) is 4.32. The van der Waals surface area contributed by atoms with Gasteiger partial charge in [0.2, 0.25) is 5.91 Å². The van der Waals surface area contributed by atoms with Crippen molar-refractivity contribution in [1.29, 1.82) is 0 Å². The zero-order valence-corrected chi connectivity index (χ0v) is 14.5. The van der Waals surface area contributed by atoms with Gasteiger partial charge < -0.3 is 5.32 Å². The summed E-state index contributed by atoms with van der Waals surface area (Å²) in [4.78, 5) is 24.4. The summed E-state index contributed by atoms with van der Waals surface area (Å²) in [6.45, 7) is 0.446. The van der Waals surface area contributed by atoms with Crippen molar-refractivity contribution in [2.45, 2.75) is 44.4 Å². The summed E-state index contributed by atoms with van der Waals surface area (Å²) in [6, 6.07) is 4.81. The second-order valence-electron chi connectivity index (χ2n) is 7.07. The van der Waals surface area contributed by atoms with Crippen molar-refractivity contribution in [2.75, 3.05) is 6.54 Å². The molecule has 1 amide bonds. The van der Waals surface area contributed by atoms with Gasteiger partial charge in [-0.1, -0.05) is 12.1 Å². The van der Waals surface area contributed by atoms with Crippen molar-refractivity contribution >= 4 is 5.91 Å². The summed E-state index contributed by atoms with van der Waals surface area (Å²) in [5.74, 6) is 0.288. The van der Waals surface area contributed by atoms with E-state index in [-0.39, 0.29) is 48.0 Å². The first-order valence-electron chi connectivity index (χ1n) is 8.99. The number of nitrogens with one attached hydrogen (secondary N) is 1. The Balaban J connectivity index is 1.60. The minimum absolute atomic E-state index is 0.0252. The van der Waals surface area contributed by atoms with Gasteiger partial charge in [-0.25, -0.2) is 9.48 Å². The lowest BCUT2D eigenvalue weighted by Crippen LogP contribution is -2.32. The summed E-state index contributed by atoms with van der Waals surface area (Å²) in [5, 5.41) is 7.04. The molecule has 0 radical (unpaired) electrons. The fourth-order valence-electron chi connectivity index (χ4n) is 3.03. The molecule has 0 spiro atoms. The van der Waals surface area contributed by atoms with Gasteiger partial charge in [-0.05, 0) is 37.8 Å². The first-order valence-corrected chi connectivity index (χ1v) is 8.99. The van der Waals surface area contributed by atoms with Crippen LogP contribution in [0.2, 0.25) is 0 Å². The van der Waals surface area contributed by atoms with Crippen LogP contribution in [0, 0.1) is 5.92 Å². The molecule has 0 atom stereocenters. The number of carbonyl (C=O) groups excluding carboxylic acids is 1. The monoisotopic (exact) mass is 380 g/mol. The highest BCUT2D eigenvalue weighted by atomic mass is 19.4. The standard InChI is InChI=1S/C18H19F3N4O2/c19-18(20,21)13-3-1-2-12(10-13)15-23-24(17(27)25(15)14-6-7-14)9-8-22-16(26)11-4-5-11/h1-3,10-11,14H,4-9H2,(H,22,26). The minimum atomic E-state index is -4.46. The van der Waals surface area contributed by atoms with Crippen LogP contribution in [0.15, 0.2) is 29.1 Å². The molecule has 2 aliphatic rings. The maximum Gasteiger partial charge on any atom is 0.416 e. The molecule has 1 heterocycles. The smallest absolute Gasteiger partial charge is 0.354 e. The number of halogens is 3. The van der Waals surface area contributed by atoms with E-state index in [2.05, 4.69) is 10.4 Å². The quantitative estimate of drug-likeness (QED) is 0.838. The molecule has 1 N–H and O–H groups in total. The van der Waals surface area contributed by atoms with Gasteiger partial charge in [0, 0.05) is 24.1 Å². The third-order valence-electron chi connectivity index (χ3n) is 4.80. The fraction of sp³-hybridized carbons (Fsp3) is 0.500. The average molecular weight is 380 g/mol. The zero-order chi connectivity index (χ0) is 19.2. The van der Waals surface area contributed by atoms with Crippen LogP contribution >= 0.6 is 0 Å². The van der Waals surface area contributed by atoms with Crippen molar-refractivity contribution in [3.63, 3.8) is 0 Å². The number of nitrogens with zero attached hydrogens (tertiary/aromatic N) is 3. The van der Waals surface area contributed by atoms with Crippen LogP contribution in [0.25, 0.3) is 11.4 Å². The highest BCUT2D eigenvalue weighted by Gasteiger charge is 2.33. The van der Waals surface area contributed by atoms with Crippen molar-refractivity contribution in [1.82, 2.24) is 19.7 Å². The molecule has 2 fully saturated rings. The largest absolute Gasteiger partial charge is 0.416 e. The molecule has 6 nitrogen and oxygen atoms in total. The molecule has 2 aliphatic carbocycles. The number of hydrogen-bond donors (Lipinski definition) is 1. The van der Waals surface area contributed by atoms with E-state index in [1.165, 1.54) is 21.4 Å². The summed E-state index contributed by atoms with van der Waals surface area (Å²) in [6.07, 6.45) is -1.08. The molecule has 9 heteroatoms. The maximum absolute atomic E-state index is 13.0. The lowest BCUT2D eigenvalue weighted by Gasteiger charge is -2.09. The van der Waals surface area contributed by atoms with Crippen LogP contribution < -0.4 is 11.0 Å². The Hall–Kier alpha value is -2.58. The fourth-order valence-corrected chi connectivity index (χ4v) is 3.03. The van der Waals surface area contributed by atoms with E-state index >= 15 is 0 Å². The Bertz CT molecular complexity index is 923. The Morgan fingerprint density at radius 1 is 1.22 bits per heavy atom. The van der Waals surface area contributed by atoms with Crippen LogP contribution in [0.5, 0.6) is 0 Å². The number of rotatable bonds is 6. The molecule has 4 rings (SSSR count). The first-order chi connectivity index (χ1) is 12.8. The maximum atomic E-state index is 13.0. The van der Waals surface area contributed by atoms with Crippen molar-refractivity contribution in [3.05, 3.63) is 40.3 Å². The van der Waals surface area contributed by atoms with Crippen LogP contribution in [0.1, 0.15) is 37.3 Å². The third kappa shape index (κ3) is 3.77. The second kappa shape index (κ2) is 6.54. The van der Waals surface area contributed by atoms with E-state index in [9.17, 15) is 22.8 Å².